The fraction of sp³-hybridized carbons (Fsp3) is 0.300. The van der Waals surface area contributed by atoms with Gasteiger partial charge in [-0.25, -0.2) is 4.98 Å². The van der Waals surface area contributed by atoms with E-state index in [-0.39, 0.29) is 48.8 Å². The summed E-state index contributed by atoms with van der Waals surface area (Å²) in [6.45, 7) is 14.2. The standard InChI is InChI=1S/C60H64N3O.Pt/c1-12-59(10,13-2)49-22-19-23-50(60(11,14-3)15-4)55(49)43-30-31-52(40(6)34-43)63-53-24-18-21-47(56(53)62-57(63)48-20-16-17-25-54(48)64)44-35-45(37-46(36-44)58(7,8)9)51-38-42(32-33-61-51)41-28-26-39(5)27-29-41;/h16-34,36-38,64H,12-15H2,1-11H3;/q-1;/i5D3,6D3,26D,27D,28D,29D;. The van der Waals surface area contributed by atoms with Crippen molar-refractivity contribution in [2.24, 2.45) is 0 Å². The molecule has 336 valence electrons. The summed E-state index contributed by atoms with van der Waals surface area (Å²) in [7, 11) is 0. The molecule has 0 fully saturated rings. The minimum absolute atomic E-state index is 0. The topological polar surface area (TPSA) is 50.9 Å². The average Bonchev–Trinajstić information content (AvgIpc) is 3.76. The largest absolute Gasteiger partial charge is 0.507 e. The van der Waals surface area contributed by atoms with Crippen molar-refractivity contribution in [2.45, 2.75) is 118 Å². The van der Waals surface area contributed by atoms with E-state index in [0.29, 0.717) is 56.1 Å². The first-order chi connectivity index (χ1) is 34.7. The third kappa shape index (κ3) is 8.92. The number of aryl methyl sites for hydroxylation is 1. The molecule has 0 aliphatic heterocycles. The number of aromatic hydroxyl groups is 1. The van der Waals surface area contributed by atoms with Crippen LogP contribution in [0.2, 0.25) is 0 Å². The normalized spacial score (nSPS) is 14.7. The third-order valence-electron chi connectivity index (χ3n) is 13.8. The predicted molar refractivity (Wildman–Crippen MR) is 271 cm³/mol. The van der Waals surface area contributed by atoms with E-state index in [1.807, 2.05) is 59.2 Å². The molecule has 2 aromatic heterocycles. The molecule has 4 nitrogen and oxygen atoms in total. The van der Waals surface area contributed by atoms with Crippen LogP contribution < -0.4 is 0 Å². The van der Waals surface area contributed by atoms with Crippen LogP contribution in [-0.2, 0) is 37.3 Å². The zero-order valence-electron chi connectivity index (χ0n) is 48.8. The molecule has 0 bridgehead atoms. The van der Waals surface area contributed by atoms with Crippen LogP contribution in [0.5, 0.6) is 5.75 Å². The molecule has 8 aromatic rings. The molecule has 0 amide bonds. The monoisotopic (exact) mass is 1050 g/mol. The van der Waals surface area contributed by atoms with Gasteiger partial charge in [-0.3, -0.25) is 9.55 Å². The number of nitrogens with zero attached hydrogens (tertiary/aromatic N) is 3. The van der Waals surface area contributed by atoms with Gasteiger partial charge in [0.1, 0.15) is 11.6 Å². The van der Waals surface area contributed by atoms with Gasteiger partial charge in [-0.1, -0.05) is 158 Å². The fourth-order valence-corrected chi connectivity index (χ4v) is 8.90. The van der Waals surface area contributed by atoms with Crippen molar-refractivity contribution in [2.75, 3.05) is 0 Å². The van der Waals surface area contributed by atoms with Crippen molar-refractivity contribution >= 4 is 11.0 Å². The van der Waals surface area contributed by atoms with Crippen LogP contribution in [0.4, 0.5) is 0 Å². The molecule has 2 heterocycles. The van der Waals surface area contributed by atoms with Gasteiger partial charge in [0, 0.05) is 41.2 Å². The third-order valence-corrected chi connectivity index (χ3v) is 13.8. The number of fused-ring (bicyclic) bond motifs is 1. The van der Waals surface area contributed by atoms with Crippen LogP contribution in [0.1, 0.15) is 130 Å². The molecule has 0 saturated carbocycles. The van der Waals surface area contributed by atoms with Gasteiger partial charge >= 0.3 is 0 Å². The Morgan fingerprint density at radius 2 is 1.31 bits per heavy atom. The molecule has 6 aromatic carbocycles. The Labute approximate surface area is 416 Å². The van der Waals surface area contributed by atoms with Crippen LogP contribution in [0.15, 0.2) is 133 Å². The van der Waals surface area contributed by atoms with Crippen molar-refractivity contribution in [3.63, 3.8) is 0 Å². The number of benzene rings is 6. The second-order valence-corrected chi connectivity index (χ2v) is 18.6. The SMILES string of the molecule is [2H]c1c([2H])c(C([2H])([2H])[2H])c([2H])c([2H])c1-c1ccnc(-c2[c-]c(-c3cccc4c3nc(-c3ccccc3O)n4-c3ccc(-c4c(C(C)(CC)CC)cccc4C(C)(CC)CC)cc3C([2H])([2H])[2H])cc(C(C)(C)C)c2)c1.[Pt]. The maximum absolute atomic E-state index is 11.5. The van der Waals surface area contributed by atoms with Gasteiger partial charge in [-0.05, 0) is 131 Å². The molecule has 5 heteroatoms. The first-order valence-electron chi connectivity index (χ1n) is 27.5. The summed E-state index contributed by atoms with van der Waals surface area (Å²) in [5.74, 6) is 0.308. The molecule has 0 aliphatic carbocycles. The molecule has 0 radical (unpaired) electrons. The Hall–Kier alpha value is -5.57. The van der Waals surface area contributed by atoms with Gasteiger partial charge in [0.25, 0.3) is 0 Å². The summed E-state index contributed by atoms with van der Waals surface area (Å²) >= 11 is 0. The summed E-state index contributed by atoms with van der Waals surface area (Å²) in [6.07, 6.45) is 5.12. The van der Waals surface area contributed by atoms with E-state index in [0.717, 1.165) is 42.4 Å². The molecule has 0 saturated heterocycles. The Morgan fingerprint density at radius 1 is 0.662 bits per heavy atom. The zero-order valence-corrected chi connectivity index (χ0v) is 41.1. The van der Waals surface area contributed by atoms with E-state index in [9.17, 15) is 9.22 Å². The number of aromatic nitrogens is 3. The number of rotatable bonds is 12. The van der Waals surface area contributed by atoms with E-state index >= 15 is 0 Å². The average molecular weight is 1050 g/mol. The Morgan fingerprint density at radius 3 is 1.94 bits per heavy atom. The summed E-state index contributed by atoms with van der Waals surface area (Å²) in [6, 6.07) is 33.6. The predicted octanol–water partition coefficient (Wildman–Crippen LogP) is 16.3. The molecule has 8 rings (SSSR count). The van der Waals surface area contributed by atoms with Gasteiger partial charge in [-0.15, -0.1) is 29.3 Å². The summed E-state index contributed by atoms with van der Waals surface area (Å²) < 4.78 is 87.9. The first kappa shape index (κ1) is 35.7. The minimum atomic E-state index is -2.85. The van der Waals surface area contributed by atoms with E-state index in [4.69, 9.17) is 19.6 Å². The number of pyridine rings is 1. The maximum atomic E-state index is 11.5. The number of imidazole rings is 1. The van der Waals surface area contributed by atoms with E-state index in [1.165, 1.54) is 17.3 Å². The number of para-hydroxylation sites is 2. The van der Waals surface area contributed by atoms with E-state index in [1.54, 1.807) is 30.3 Å². The molecule has 0 unspecified atom stereocenters. The number of hydrogen-bond acceptors (Lipinski definition) is 3. The van der Waals surface area contributed by atoms with Gasteiger partial charge in [-0.2, -0.15) is 0 Å². The first-order valence-corrected chi connectivity index (χ1v) is 22.5. The Bertz CT molecular complexity index is 3390. The molecule has 65 heavy (non-hydrogen) atoms. The second-order valence-electron chi connectivity index (χ2n) is 18.6. The van der Waals surface area contributed by atoms with E-state index < -0.39 is 48.9 Å². The van der Waals surface area contributed by atoms with Crippen molar-refractivity contribution in [3.05, 3.63) is 167 Å². The number of phenols is 1. The van der Waals surface area contributed by atoms with Crippen LogP contribution >= 0.6 is 0 Å². The van der Waals surface area contributed by atoms with Gasteiger partial charge in [0.2, 0.25) is 0 Å². The molecular weight excluding hydrogens is 974 g/mol. The molecule has 1 N–H and O–H groups in total. The Balaban J connectivity index is 0.00000820. The van der Waals surface area contributed by atoms with Gasteiger partial charge < -0.3 is 5.11 Å². The van der Waals surface area contributed by atoms with E-state index in [2.05, 4.69) is 86.6 Å². The van der Waals surface area contributed by atoms with Crippen LogP contribution in [0.3, 0.4) is 0 Å². The molecule has 0 spiro atoms. The smallest absolute Gasteiger partial charge is 0.148 e. The van der Waals surface area contributed by atoms with Gasteiger partial charge in [0.15, 0.2) is 0 Å². The van der Waals surface area contributed by atoms with Crippen LogP contribution in [-0.4, -0.2) is 19.6 Å². The summed E-state index contributed by atoms with van der Waals surface area (Å²) in [5, 5.41) is 11.5. The van der Waals surface area contributed by atoms with Crippen molar-refractivity contribution in [3.8, 4) is 67.5 Å². The minimum Gasteiger partial charge on any atom is -0.507 e. The second kappa shape index (κ2) is 18.7. The summed E-state index contributed by atoms with van der Waals surface area (Å²) in [4.78, 5) is 10.0. The maximum Gasteiger partial charge on any atom is 0.148 e. The van der Waals surface area contributed by atoms with Crippen molar-refractivity contribution < 1.29 is 39.9 Å². The molecule has 0 aliphatic rings. The molecular formula is C60H64N3OPt-. The van der Waals surface area contributed by atoms with Crippen molar-refractivity contribution in [1.29, 1.82) is 0 Å². The zero-order chi connectivity index (χ0) is 54.0. The van der Waals surface area contributed by atoms with Crippen molar-refractivity contribution in [1.82, 2.24) is 14.5 Å². The summed E-state index contributed by atoms with van der Waals surface area (Å²) in [5.41, 5.74) is 8.41. The van der Waals surface area contributed by atoms with Crippen LogP contribution in [0, 0.1) is 19.8 Å². The molecule has 0 atom stereocenters. The quantitative estimate of drug-likeness (QED) is 0.124. The Kier molecular flexibility index (Phi) is 10.3. The number of phenolic OH excluding ortho intramolecular Hbond substituents is 1. The number of hydrogen-bond donors (Lipinski definition) is 1. The van der Waals surface area contributed by atoms with Gasteiger partial charge in [0.05, 0.1) is 27.8 Å². The fourth-order valence-electron chi connectivity index (χ4n) is 8.90. The van der Waals surface area contributed by atoms with Crippen LogP contribution in [0.25, 0.3) is 72.7 Å².